The number of hydrogen-bond donors (Lipinski definition) is 0. The van der Waals surface area contributed by atoms with Crippen LogP contribution in [0.4, 0.5) is 0 Å². The van der Waals surface area contributed by atoms with Gasteiger partial charge in [-0.25, -0.2) is 4.68 Å². The predicted octanol–water partition coefficient (Wildman–Crippen LogP) is 8.95. The Balaban J connectivity index is 1.23. The molecule has 0 radical (unpaired) electrons. The van der Waals surface area contributed by atoms with Gasteiger partial charge in [0.25, 0.3) is 0 Å². The fourth-order valence-electron chi connectivity index (χ4n) is 5.32. The van der Waals surface area contributed by atoms with Gasteiger partial charge in [0.1, 0.15) is 11.4 Å². The Morgan fingerprint density at radius 3 is 2.53 bits per heavy atom. The summed E-state index contributed by atoms with van der Waals surface area (Å²) in [6.45, 7) is 18.4. The van der Waals surface area contributed by atoms with E-state index in [1.165, 1.54) is 5.56 Å². The van der Waals surface area contributed by atoms with Crippen LogP contribution in [0.5, 0.6) is 5.75 Å². The summed E-state index contributed by atoms with van der Waals surface area (Å²) in [5.41, 5.74) is 4.17. The first-order valence-corrected chi connectivity index (χ1v) is 19.5. The standard InChI is InChI=1S/C36H52N4O4Si/c1-27(18-21-41-22-19-28(2)43-26-29-13-9-8-10-14-29)39-25-30(24-37-39)35-32-23-31(44-45(6,7)36(3,4)5)16-17-33(32)40(38-35)34-15-11-12-20-42-34/h8-10,13-14,16-17,23-25,27-28,34H,11-12,15,18-22,26H2,1-7H3/t27-,28-,34?/m0/s1. The smallest absolute Gasteiger partial charge is 0.250 e. The molecule has 1 unspecified atom stereocenters. The maximum atomic E-state index is 6.70. The van der Waals surface area contributed by atoms with E-state index in [1.54, 1.807) is 0 Å². The van der Waals surface area contributed by atoms with Crippen molar-refractivity contribution in [3.8, 4) is 17.0 Å². The summed E-state index contributed by atoms with van der Waals surface area (Å²) in [5, 5.41) is 11.1. The van der Waals surface area contributed by atoms with E-state index in [9.17, 15) is 0 Å². The molecule has 3 heterocycles. The zero-order valence-corrected chi connectivity index (χ0v) is 29.3. The maximum Gasteiger partial charge on any atom is 0.250 e. The Labute approximate surface area is 270 Å². The molecule has 2 aromatic heterocycles. The van der Waals surface area contributed by atoms with Crippen LogP contribution in [0.15, 0.2) is 60.9 Å². The minimum absolute atomic E-state index is 0.0558. The van der Waals surface area contributed by atoms with Crippen LogP contribution in [-0.4, -0.2) is 53.8 Å². The molecule has 4 aromatic rings. The van der Waals surface area contributed by atoms with Crippen LogP contribution in [0, 0.1) is 0 Å². The summed E-state index contributed by atoms with van der Waals surface area (Å²) >= 11 is 0. The van der Waals surface area contributed by atoms with Gasteiger partial charge in [0.2, 0.25) is 8.32 Å². The Hall–Kier alpha value is -2.98. The summed E-state index contributed by atoms with van der Waals surface area (Å²) in [7, 11) is -2.00. The van der Waals surface area contributed by atoms with E-state index < -0.39 is 8.32 Å². The number of hydrogen-bond acceptors (Lipinski definition) is 6. The van der Waals surface area contributed by atoms with Crippen LogP contribution in [0.2, 0.25) is 18.1 Å². The first-order valence-electron chi connectivity index (χ1n) is 16.6. The Morgan fingerprint density at radius 2 is 1.80 bits per heavy atom. The normalized spacial score (nSPS) is 17.4. The summed E-state index contributed by atoms with van der Waals surface area (Å²) < 4.78 is 28.9. The van der Waals surface area contributed by atoms with E-state index in [-0.39, 0.29) is 23.4 Å². The molecule has 1 aliphatic heterocycles. The lowest BCUT2D eigenvalue weighted by Gasteiger charge is -2.36. The van der Waals surface area contributed by atoms with Crippen molar-refractivity contribution in [1.82, 2.24) is 19.6 Å². The molecule has 0 N–H and O–H groups in total. The van der Waals surface area contributed by atoms with Crippen molar-refractivity contribution in [3.05, 3.63) is 66.5 Å². The van der Waals surface area contributed by atoms with Crippen LogP contribution in [0.1, 0.15) is 84.6 Å². The molecular formula is C36H52N4O4Si. The number of aromatic nitrogens is 4. The molecule has 2 aromatic carbocycles. The lowest BCUT2D eigenvalue weighted by Crippen LogP contribution is -2.43. The Morgan fingerprint density at radius 1 is 1.02 bits per heavy atom. The second kappa shape index (κ2) is 14.6. The monoisotopic (exact) mass is 632 g/mol. The molecule has 9 heteroatoms. The summed E-state index contributed by atoms with van der Waals surface area (Å²) in [5.74, 6) is 0.900. The molecule has 0 aliphatic carbocycles. The molecular weight excluding hydrogens is 581 g/mol. The molecule has 1 aliphatic rings. The highest BCUT2D eigenvalue weighted by Crippen LogP contribution is 2.40. The molecule has 5 rings (SSSR count). The van der Waals surface area contributed by atoms with Gasteiger partial charge in [-0.1, -0.05) is 51.1 Å². The van der Waals surface area contributed by atoms with Crippen molar-refractivity contribution in [3.63, 3.8) is 0 Å². The fourth-order valence-corrected chi connectivity index (χ4v) is 6.34. The van der Waals surface area contributed by atoms with Gasteiger partial charge >= 0.3 is 0 Å². The molecule has 244 valence electrons. The lowest BCUT2D eigenvalue weighted by atomic mass is 10.1. The number of ether oxygens (including phenoxy) is 3. The molecule has 8 nitrogen and oxygen atoms in total. The van der Waals surface area contributed by atoms with Gasteiger partial charge in [0.05, 0.1) is 30.5 Å². The molecule has 0 amide bonds. The van der Waals surface area contributed by atoms with Gasteiger partial charge in [-0.3, -0.25) is 4.68 Å². The number of fused-ring (bicyclic) bond motifs is 1. The first-order chi connectivity index (χ1) is 21.5. The van der Waals surface area contributed by atoms with Gasteiger partial charge < -0.3 is 18.6 Å². The highest BCUT2D eigenvalue weighted by atomic mass is 28.4. The van der Waals surface area contributed by atoms with Gasteiger partial charge in [-0.2, -0.15) is 10.2 Å². The average molecular weight is 633 g/mol. The van der Waals surface area contributed by atoms with Gasteiger partial charge in [-0.15, -0.1) is 0 Å². The zero-order chi connectivity index (χ0) is 32.0. The van der Waals surface area contributed by atoms with Crippen LogP contribution >= 0.6 is 0 Å². The molecule has 0 spiro atoms. The van der Waals surface area contributed by atoms with Crippen molar-refractivity contribution in [2.75, 3.05) is 19.8 Å². The highest BCUT2D eigenvalue weighted by molar-refractivity contribution is 6.74. The lowest BCUT2D eigenvalue weighted by molar-refractivity contribution is -0.0365. The molecule has 0 saturated carbocycles. The maximum absolute atomic E-state index is 6.70. The van der Waals surface area contributed by atoms with E-state index in [1.807, 2.05) is 29.1 Å². The van der Waals surface area contributed by atoms with Gasteiger partial charge in [-0.05, 0) is 87.8 Å². The van der Waals surface area contributed by atoms with Crippen LogP contribution in [-0.2, 0) is 20.8 Å². The highest BCUT2D eigenvalue weighted by Gasteiger charge is 2.39. The molecule has 1 fully saturated rings. The van der Waals surface area contributed by atoms with E-state index in [4.69, 9.17) is 28.8 Å². The van der Waals surface area contributed by atoms with Crippen molar-refractivity contribution in [2.45, 2.75) is 110 Å². The van der Waals surface area contributed by atoms with E-state index in [0.717, 1.165) is 66.6 Å². The van der Waals surface area contributed by atoms with Crippen molar-refractivity contribution < 1.29 is 18.6 Å². The minimum Gasteiger partial charge on any atom is -0.543 e. The van der Waals surface area contributed by atoms with Gasteiger partial charge in [0.15, 0.2) is 6.23 Å². The summed E-state index contributed by atoms with van der Waals surface area (Å²) in [6.07, 6.45) is 9.08. The quantitative estimate of drug-likeness (QED) is 0.102. The van der Waals surface area contributed by atoms with E-state index >= 15 is 0 Å². The Bertz CT molecular complexity index is 1500. The Kier molecular flexibility index (Phi) is 10.8. The van der Waals surface area contributed by atoms with Crippen LogP contribution in [0.25, 0.3) is 22.2 Å². The number of rotatable bonds is 14. The van der Waals surface area contributed by atoms with E-state index in [0.29, 0.717) is 19.8 Å². The fraction of sp³-hybridized carbons (Fsp3) is 0.556. The molecule has 0 bridgehead atoms. The van der Waals surface area contributed by atoms with Crippen molar-refractivity contribution >= 4 is 19.2 Å². The third kappa shape index (κ3) is 8.44. The zero-order valence-electron chi connectivity index (χ0n) is 28.3. The SMILES string of the molecule is C[C@@H](CCOCC[C@H](C)n1cc(-c2nn(C3CCCCO3)c3ccc(O[Si](C)(C)C(C)(C)C)cc23)cn1)OCc1ccccc1. The third-order valence-corrected chi connectivity index (χ3v) is 13.7. The summed E-state index contributed by atoms with van der Waals surface area (Å²) in [6, 6.07) is 16.9. The van der Waals surface area contributed by atoms with Crippen LogP contribution < -0.4 is 4.43 Å². The molecule has 1 saturated heterocycles. The van der Waals surface area contributed by atoms with E-state index in [2.05, 4.69) is 88.9 Å². The van der Waals surface area contributed by atoms with Crippen LogP contribution in [0.3, 0.4) is 0 Å². The number of benzene rings is 2. The third-order valence-electron chi connectivity index (χ3n) is 9.34. The second-order valence-corrected chi connectivity index (χ2v) is 18.7. The minimum atomic E-state index is -2.00. The van der Waals surface area contributed by atoms with Crippen molar-refractivity contribution in [1.29, 1.82) is 0 Å². The second-order valence-electron chi connectivity index (χ2n) is 14.0. The predicted molar refractivity (Wildman–Crippen MR) is 183 cm³/mol. The van der Waals surface area contributed by atoms with Crippen molar-refractivity contribution in [2.24, 2.45) is 0 Å². The molecule has 45 heavy (non-hydrogen) atoms. The van der Waals surface area contributed by atoms with Gasteiger partial charge in [0, 0.05) is 37.0 Å². The topological polar surface area (TPSA) is 72.6 Å². The average Bonchev–Trinajstić information content (AvgIpc) is 3.65. The molecule has 3 atom stereocenters. The summed E-state index contributed by atoms with van der Waals surface area (Å²) in [4.78, 5) is 0. The largest absolute Gasteiger partial charge is 0.543 e. The first kappa shape index (κ1) is 33.4. The number of nitrogens with zero attached hydrogens (tertiary/aromatic N) is 4.